The van der Waals surface area contributed by atoms with Gasteiger partial charge in [0, 0.05) is 0 Å². The fourth-order valence-electron chi connectivity index (χ4n) is 1.76. The van der Waals surface area contributed by atoms with Crippen LogP contribution in [0.25, 0.3) is 11.0 Å². The molecular formula is C11H10ClN5. The number of hydrogen-bond donors (Lipinski definition) is 1. The fourth-order valence-corrected chi connectivity index (χ4v) is 1.97. The summed E-state index contributed by atoms with van der Waals surface area (Å²) in [6.45, 7) is 2.00. The van der Waals surface area contributed by atoms with E-state index in [0.29, 0.717) is 5.02 Å². The molecule has 1 N–H and O–H groups in total. The summed E-state index contributed by atoms with van der Waals surface area (Å²) in [4.78, 5) is 11.7. The van der Waals surface area contributed by atoms with Crippen molar-refractivity contribution in [3.63, 3.8) is 0 Å². The number of aromatic nitrogens is 5. The zero-order valence-electron chi connectivity index (χ0n) is 9.13. The van der Waals surface area contributed by atoms with E-state index in [9.17, 15) is 0 Å². The number of hydrogen-bond acceptors (Lipinski definition) is 3. The van der Waals surface area contributed by atoms with Gasteiger partial charge in [-0.1, -0.05) is 17.7 Å². The molecule has 2 aromatic heterocycles. The van der Waals surface area contributed by atoms with E-state index in [1.807, 2.05) is 25.1 Å². The van der Waals surface area contributed by atoms with Crippen molar-refractivity contribution in [3.8, 4) is 0 Å². The Morgan fingerprint density at radius 1 is 1.41 bits per heavy atom. The number of nitrogens with one attached hydrogen (secondary N) is 1. The van der Waals surface area contributed by atoms with Gasteiger partial charge >= 0.3 is 0 Å². The van der Waals surface area contributed by atoms with Crippen LogP contribution in [0.5, 0.6) is 0 Å². The Morgan fingerprint density at radius 2 is 2.29 bits per heavy atom. The van der Waals surface area contributed by atoms with E-state index in [1.165, 1.54) is 6.33 Å². The number of benzene rings is 1. The maximum absolute atomic E-state index is 6.08. The number of nitrogens with zero attached hydrogens (tertiary/aromatic N) is 4. The first kappa shape index (κ1) is 10.3. The number of rotatable bonds is 2. The summed E-state index contributed by atoms with van der Waals surface area (Å²) in [6, 6.07) is 5.67. The maximum Gasteiger partial charge on any atom is 0.137 e. The average Bonchev–Trinajstić information content (AvgIpc) is 2.98. The zero-order chi connectivity index (χ0) is 11.8. The summed E-state index contributed by atoms with van der Waals surface area (Å²) in [7, 11) is 0. The van der Waals surface area contributed by atoms with Crippen molar-refractivity contribution in [2.45, 2.75) is 13.0 Å². The van der Waals surface area contributed by atoms with Crippen LogP contribution in [0.2, 0.25) is 5.02 Å². The van der Waals surface area contributed by atoms with Gasteiger partial charge in [-0.15, -0.1) is 0 Å². The van der Waals surface area contributed by atoms with Crippen molar-refractivity contribution in [1.82, 2.24) is 24.7 Å². The molecule has 2 heterocycles. The van der Waals surface area contributed by atoms with Crippen LogP contribution in [0.4, 0.5) is 0 Å². The highest BCUT2D eigenvalue weighted by molar-refractivity contribution is 6.34. The van der Waals surface area contributed by atoms with Gasteiger partial charge in [-0.25, -0.2) is 14.6 Å². The van der Waals surface area contributed by atoms with Gasteiger partial charge in [-0.05, 0) is 19.1 Å². The van der Waals surface area contributed by atoms with E-state index in [0.717, 1.165) is 16.9 Å². The smallest absolute Gasteiger partial charge is 0.137 e. The summed E-state index contributed by atoms with van der Waals surface area (Å²) in [6.07, 6.45) is 3.17. The number of aromatic amines is 1. The minimum Gasteiger partial charge on any atom is -0.340 e. The minimum absolute atomic E-state index is 0.000895. The summed E-state index contributed by atoms with van der Waals surface area (Å²) < 4.78 is 1.74. The molecule has 17 heavy (non-hydrogen) atoms. The Labute approximate surface area is 102 Å². The Morgan fingerprint density at radius 3 is 3.00 bits per heavy atom. The lowest BCUT2D eigenvalue weighted by atomic mass is 10.3. The van der Waals surface area contributed by atoms with E-state index < -0.39 is 0 Å². The van der Waals surface area contributed by atoms with Gasteiger partial charge in [0.1, 0.15) is 30.0 Å². The second kappa shape index (κ2) is 3.85. The molecule has 0 bridgehead atoms. The molecule has 0 saturated carbocycles. The minimum atomic E-state index is 0.000895. The van der Waals surface area contributed by atoms with Crippen molar-refractivity contribution in [1.29, 1.82) is 0 Å². The Hall–Kier alpha value is -1.88. The summed E-state index contributed by atoms with van der Waals surface area (Å²) >= 11 is 6.08. The van der Waals surface area contributed by atoms with Crippen molar-refractivity contribution in [2.24, 2.45) is 0 Å². The van der Waals surface area contributed by atoms with Crippen molar-refractivity contribution >= 4 is 22.6 Å². The lowest BCUT2D eigenvalue weighted by molar-refractivity contribution is 0.541. The molecular weight excluding hydrogens is 238 g/mol. The summed E-state index contributed by atoms with van der Waals surface area (Å²) in [5.41, 5.74) is 1.72. The molecule has 0 fully saturated rings. The first-order chi connectivity index (χ1) is 8.25. The van der Waals surface area contributed by atoms with E-state index in [-0.39, 0.29) is 6.04 Å². The maximum atomic E-state index is 6.08. The third kappa shape index (κ3) is 1.68. The molecule has 0 aliphatic carbocycles. The van der Waals surface area contributed by atoms with Gasteiger partial charge in [0.2, 0.25) is 0 Å². The van der Waals surface area contributed by atoms with Gasteiger partial charge in [-0.2, -0.15) is 5.10 Å². The fraction of sp³-hybridized carbons (Fsp3) is 0.182. The third-order valence-electron chi connectivity index (χ3n) is 2.71. The van der Waals surface area contributed by atoms with Crippen LogP contribution in [0.3, 0.4) is 0 Å². The highest BCUT2D eigenvalue weighted by Gasteiger charge is 2.14. The van der Waals surface area contributed by atoms with E-state index in [1.54, 1.807) is 11.0 Å². The lowest BCUT2D eigenvalue weighted by Crippen LogP contribution is -2.08. The zero-order valence-corrected chi connectivity index (χ0v) is 9.89. The number of para-hydroxylation sites is 1. The molecule has 3 aromatic rings. The predicted octanol–water partition coefficient (Wildman–Crippen LogP) is 2.42. The highest BCUT2D eigenvalue weighted by atomic mass is 35.5. The number of imidazole rings is 1. The van der Waals surface area contributed by atoms with Crippen LogP contribution >= 0.6 is 11.6 Å². The first-order valence-corrected chi connectivity index (χ1v) is 5.62. The molecule has 6 heteroatoms. The van der Waals surface area contributed by atoms with Crippen molar-refractivity contribution < 1.29 is 0 Å². The van der Waals surface area contributed by atoms with Crippen LogP contribution in [-0.2, 0) is 0 Å². The van der Waals surface area contributed by atoms with Crippen LogP contribution in [0, 0.1) is 0 Å². The van der Waals surface area contributed by atoms with Crippen LogP contribution in [-0.4, -0.2) is 24.7 Å². The molecule has 0 radical (unpaired) electrons. The van der Waals surface area contributed by atoms with Gasteiger partial charge in [-0.3, -0.25) is 0 Å². The SMILES string of the molecule is CC(c1nc2c(Cl)cccc2[nH]1)n1cncn1. The predicted molar refractivity (Wildman–Crippen MR) is 64.9 cm³/mol. The molecule has 86 valence electrons. The normalized spacial score (nSPS) is 13.1. The largest absolute Gasteiger partial charge is 0.340 e. The second-order valence-corrected chi connectivity index (χ2v) is 4.22. The number of halogens is 1. The van der Waals surface area contributed by atoms with Crippen LogP contribution in [0.15, 0.2) is 30.9 Å². The Balaban J connectivity index is 2.10. The molecule has 0 spiro atoms. The number of H-pyrrole nitrogens is 1. The first-order valence-electron chi connectivity index (χ1n) is 5.24. The molecule has 5 nitrogen and oxygen atoms in total. The van der Waals surface area contributed by atoms with Crippen molar-refractivity contribution in [3.05, 3.63) is 41.7 Å². The Bertz CT molecular complexity index is 643. The van der Waals surface area contributed by atoms with Crippen LogP contribution in [0.1, 0.15) is 18.8 Å². The van der Waals surface area contributed by atoms with E-state index in [4.69, 9.17) is 11.6 Å². The van der Waals surface area contributed by atoms with Gasteiger partial charge in [0.25, 0.3) is 0 Å². The molecule has 3 rings (SSSR count). The van der Waals surface area contributed by atoms with Crippen molar-refractivity contribution in [2.75, 3.05) is 0 Å². The summed E-state index contributed by atoms with van der Waals surface area (Å²) in [5, 5.41) is 4.75. The number of fused-ring (bicyclic) bond motifs is 1. The standard InChI is InChI=1S/C11H10ClN5/c1-7(17-6-13-5-14-17)11-15-9-4-2-3-8(12)10(9)16-11/h2-7H,1H3,(H,15,16). The molecule has 0 aliphatic rings. The molecule has 1 atom stereocenters. The highest BCUT2D eigenvalue weighted by Crippen LogP contribution is 2.23. The molecule has 0 aliphatic heterocycles. The second-order valence-electron chi connectivity index (χ2n) is 3.81. The Kier molecular flexibility index (Phi) is 2.33. The average molecular weight is 248 g/mol. The van der Waals surface area contributed by atoms with E-state index >= 15 is 0 Å². The molecule has 0 amide bonds. The monoisotopic (exact) mass is 247 g/mol. The lowest BCUT2D eigenvalue weighted by Gasteiger charge is -2.06. The quantitative estimate of drug-likeness (QED) is 0.757. The van der Waals surface area contributed by atoms with E-state index in [2.05, 4.69) is 20.1 Å². The summed E-state index contributed by atoms with van der Waals surface area (Å²) in [5.74, 6) is 0.818. The third-order valence-corrected chi connectivity index (χ3v) is 3.02. The molecule has 0 saturated heterocycles. The topological polar surface area (TPSA) is 59.4 Å². The molecule has 1 unspecified atom stereocenters. The van der Waals surface area contributed by atoms with Gasteiger partial charge < -0.3 is 4.98 Å². The van der Waals surface area contributed by atoms with Gasteiger partial charge in [0.15, 0.2) is 0 Å². The van der Waals surface area contributed by atoms with Crippen LogP contribution < -0.4 is 0 Å². The molecule has 1 aromatic carbocycles. The van der Waals surface area contributed by atoms with Gasteiger partial charge in [0.05, 0.1) is 10.5 Å².